The van der Waals surface area contributed by atoms with Crippen molar-refractivity contribution in [2.75, 3.05) is 13.1 Å². The van der Waals surface area contributed by atoms with Gasteiger partial charge in [-0.25, -0.2) is 4.98 Å². The molecule has 3 heteroatoms. The molecule has 0 aliphatic rings. The van der Waals surface area contributed by atoms with E-state index in [0.29, 0.717) is 0 Å². The van der Waals surface area contributed by atoms with E-state index >= 15 is 0 Å². The number of nitrogens with zero attached hydrogens (tertiary/aromatic N) is 2. The molecule has 3 nitrogen and oxygen atoms in total. The second-order valence-electron chi connectivity index (χ2n) is 3.28. The average molecular weight is 193 g/mol. The largest absolute Gasteiger partial charge is 0.334 e. The molecule has 78 valence electrons. The zero-order chi connectivity index (χ0) is 10.2. The van der Waals surface area contributed by atoms with Crippen LogP contribution in [0.2, 0.25) is 0 Å². The molecule has 0 spiro atoms. The van der Waals surface area contributed by atoms with E-state index in [1.165, 1.54) is 5.82 Å². The fourth-order valence-electron chi connectivity index (χ4n) is 1.40. The molecule has 0 saturated carbocycles. The number of aryl methyl sites for hydroxylation is 1. The third-order valence-electron chi connectivity index (χ3n) is 2.09. The van der Waals surface area contributed by atoms with Gasteiger partial charge in [0.2, 0.25) is 0 Å². The molecule has 0 amide bonds. The van der Waals surface area contributed by atoms with E-state index in [-0.39, 0.29) is 0 Å². The van der Waals surface area contributed by atoms with Crippen LogP contribution in [0.5, 0.6) is 0 Å². The summed E-state index contributed by atoms with van der Waals surface area (Å²) in [7, 11) is 0. The molecular weight excluding hydrogens is 174 g/mol. The Kier molecular flexibility index (Phi) is 5.00. The van der Waals surface area contributed by atoms with Crippen molar-refractivity contribution in [3.05, 3.63) is 30.9 Å². The van der Waals surface area contributed by atoms with Crippen molar-refractivity contribution in [3.63, 3.8) is 0 Å². The number of aromatic nitrogens is 2. The average Bonchev–Trinajstić information content (AvgIpc) is 2.61. The van der Waals surface area contributed by atoms with Crippen LogP contribution >= 0.6 is 0 Å². The summed E-state index contributed by atoms with van der Waals surface area (Å²) in [6.45, 7) is 8.67. The summed E-state index contributed by atoms with van der Waals surface area (Å²) in [5.74, 6) is 1.19. The Balaban J connectivity index is 2.33. The SMILES string of the molecule is C=CCNCCn1ccnc1CCC. The summed E-state index contributed by atoms with van der Waals surface area (Å²) in [5.41, 5.74) is 0. The van der Waals surface area contributed by atoms with Gasteiger partial charge in [0.05, 0.1) is 0 Å². The maximum Gasteiger partial charge on any atom is 0.108 e. The van der Waals surface area contributed by atoms with Crippen LogP contribution in [-0.4, -0.2) is 22.6 Å². The molecule has 1 aromatic rings. The van der Waals surface area contributed by atoms with Crippen molar-refractivity contribution >= 4 is 0 Å². The lowest BCUT2D eigenvalue weighted by Gasteiger charge is -2.06. The quantitative estimate of drug-likeness (QED) is 0.526. The van der Waals surface area contributed by atoms with Gasteiger partial charge in [0.15, 0.2) is 0 Å². The molecular formula is C11H19N3. The van der Waals surface area contributed by atoms with Crippen LogP contribution in [0.25, 0.3) is 0 Å². The Morgan fingerprint density at radius 2 is 2.50 bits per heavy atom. The number of hydrogen-bond donors (Lipinski definition) is 1. The van der Waals surface area contributed by atoms with E-state index < -0.39 is 0 Å². The van der Waals surface area contributed by atoms with Crippen LogP contribution in [-0.2, 0) is 13.0 Å². The van der Waals surface area contributed by atoms with Gasteiger partial charge in [0, 0.05) is 38.4 Å². The minimum Gasteiger partial charge on any atom is -0.334 e. The van der Waals surface area contributed by atoms with Gasteiger partial charge >= 0.3 is 0 Å². The first-order valence-electron chi connectivity index (χ1n) is 5.20. The fraction of sp³-hybridized carbons (Fsp3) is 0.545. The van der Waals surface area contributed by atoms with Crippen molar-refractivity contribution in [2.24, 2.45) is 0 Å². The summed E-state index contributed by atoms with van der Waals surface area (Å²) in [4.78, 5) is 4.32. The fourth-order valence-corrected chi connectivity index (χ4v) is 1.40. The van der Waals surface area contributed by atoms with Crippen LogP contribution in [0, 0.1) is 0 Å². The zero-order valence-electron chi connectivity index (χ0n) is 8.87. The van der Waals surface area contributed by atoms with Crippen LogP contribution in [0.15, 0.2) is 25.0 Å². The molecule has 0 bridgehead atoms. The Labute approximate surface area is 85.8 Å². The van der Waals surface area contributed by atoms with Gasteiger partial charge in [-0.15, -0.1) is 6.58 Å². The first-order chi connectivity index (χ1) is 6.88. The van der Waals surface area contributed by atoms with Crippen molar-refractivity contribution < 1.29 is 0 Å². The summed E-state index contributed by atoms with van der Waals surface area (Å²) in [6.07, 6.45) is 8.01. The molecule has 1 N–H and O–H groups in total. The molecule has 1 aromatic heterocycles. The van der Waals surface area contributed by atoms with Crippen LogP contribution in [0.3, 0.4) is 0 Å². The zero-order valence-corrected chi connectivity index (χ0v) is 8.87. The van der Waals surface area contributed by atoms with Crippen molar-refractivity contribution in [3.8, 4) is 0 Å². The predicted molar refractivity (Wildman–Crippen MR) is 59.3 cm³/mol. The van der Waals surface area contributed by atoms with E-state index in [0.717, 1.165) is 32.5 Å². The molecule has 0 atom stereocenters. The summed E-state index contributed by atoms with van der Waals surface area (Å²) in [5, 5.41) is 3.28. The third kappa shape index (κ3) is 3.34. The van der Waals surface area contributed by atoms with Gasteiger partial charge in [0.25, 0.3) is 0 Å². The van der Waals surface area contributed by atoms with Crippen LogP contribution in [0.1, 0.15) is 19.2 Å². The molecule has 0 aromatic carbocycles. The van der Waals surface area contributed by atoms with Crippen molar-refractivity contribution in [1.29, 1.82) is 0 Å². The number of rotatable bonds is 7. The Morgan fingerprint density at radius 3 is 3.21 bits per heavy atom. The third-order valence-corrected chi connectivity index (χ3v) is 2.09. The van der Waals surface area contributed by atoms with Gasteiger partial charge in [-0.1, -0.05) is 13.0 Å². The molecule has 14 heavy (non-hydrogen) atoms. The lowest BCUT2D eigenvalue weighted by atomic mass is 10.3. The highest BCUT2D eigenvalue weighted by atomic mass is 15.1. The van der Waals surface area contributed by atoms with Crippen molar-refractivity contribution in [2.45, 2.75) is 26.3 Å². The monoisotopic (exact) mass is 193 g/mol. The highest BCUT2D eigenvalue weighted by molar-refractivity contribution is 4.92. The van der Waals surface area contributed by atoms with E-state index in [1.54, 1.807) is 0 Å². The Bertz CT molecular complexity index is 265. The van der Waals surface area contributed by atoms with Gasteiger partial charge < -0.3 is 9.88 Å². The smallest absolute Gasteiger partial charge is 0.108 e. The highest BCUT2D eigenvalue weighted by Gasteiger charge is 1.99. The van der Waals surface area contributed by atoms with Gasteiger partial charge in [-0.2, -0.15) is 0 Å². The maximum absolute atomic E-state index is 4.32. The van der Waals surface area contributed by atoms with Crippen LogP contribution in [0.4, 0.5) is 0 Å². The van der Waals surface area contributed by atoms with E-state index in [9.17, 15) is 0 Å². The standard InChI is InChI=1S/C11H19N3/c1-3-5-11-13-8-10-14(11)9-7-12-6-4-2/h4,8,10,12H,2-3,5-7,9H2,1H3. The number of imidazole rings is 1. The molecule has 1 heterocycles. The second-order valence-corrected chi connectivity index (χ2v) is 3.28. The van der Waals surface area contributed by atoms with Gasteiger partial charge in [0.1, 0.15) is 5.82 Å². The Morgan fingerprint density at radius 1 is 1.64 bits per heavy atom. The molecule has 0 saturated heterocycles. The van der Waals surface area contributed by atoms with Crippen LogP contribution < -0.4 is 5.32 Å². The Hall–Kier alpha value is -1.09. The molecule has 0 unspecified atom stereocenters. The second kappa shape index (κ2) is 6.38. The normalized spacial score (nSPS) is 10.4. The molecule has 0 aliphatic carbocycles. The lowest BCUT2D eigenvalue weighted by molar-refractivity contribution is 0.596. The lowest BCUT2D eigenvalue weighted by Crippen LogP contribution is -2.20. The summed E-state index contributed by atoms with van der Waals surface area (Å²) < 4.78 is 2.21. The van der Waals surface area contributed by atoms with E-state index in [1.807, 2.05) is 18.5 Å². The minimum absolute atomic E-state index is 0.873. The molecule has 1 rings (SSSR count). The highest BCUT2D eigenvalue weighted by Crippen LogP contribution is 2.00. The van der Waals surface area contributed by atoms with E-state index in [2.05, 4.69) is 28.4 Å². The van der Waals surface area contributed by atoms with Gasteiger partial charge in [-0.3, -0.25) is 0 Å². The number of nitrogens with one attached hydrogen (secondary N) is 1. The number of hydrogen-bond acceptors (Lipinski definition) is 2. The van der Waals surface area contributed by atoms with Crippen molar-refractivity contribution in [1.82, 2.24) is 14.9 Å². The predicted octanol–water partition coefficient (Wildman–Crippen LogP) is 1.61. The molecule has 0 fully saturated rings. The first kappa shape index (κ1) is 11.0. The van der Waals surface area contributed by atoms with Gasteiger partial charge in [-0.05, 0) is 6.42 Å². The minimum atomic E-state index is 0.873. The van der Waals surface area contributed by atoms with E-state index in [4.69, 9.17) is 0 Å². The topological polar surface area (TPSA) is 29.9 Å². The summed E-state index contributed by atoms with van der Waals surface area (Å²) >= 11 is 0. The maximum atomic E-state index is 4.32. The summed E-state index contributed by atoms with van der Waals surface area (Å²) in [6, 6.07) is 0. The molecule has 0 radical (unpaired) electrons. The first-order valence-corrected chi connectivity index (χ1v) is 5.20. The molecule has 0 aliphatic heterocycles.